The topological polar surface area (TPSA) is 25.2 Å². The fourth-order valence-corrected chi connectivity index (χ4v) is 1.09. The molecule has 0 aliphatic carbocycles. The summed E-state index contributed by atoms with van der Waals surface area (Å²) in [6, 6.07) is 0. The summed E-state index contributed by atoms with van der Waals surface area (Å²) in [5.41, 5.74) is 1.72. The van der Waals surface area contributed by atoms with E-state index in [1.54, 1.807) is 11.6 Å². The van der Waals surface area contributed by atoms with E-state index in [-0.39, 0.29) is 0 Å². The SMILES string of the molecule is C=Cc1scnc1N=C.CC. The van der Waals surface area contributed by atoms with Crippen LogP contribution in [0, 0.1) is 0 Å². The van der Waals surface area contributed by atoms with E-state index in [1.165, 1.54) is 11.3 Å². The molecule has 0 aliphatic rings. The zero-order chi connectivity index (χ0) is 8.69. The summed E-state index contributed by atoms with van der Waals surface area (Å²) in [6.07, 6.45) is 1.72. The first-order valence-corrected chi connectivity index (χ1v) is 4.29. The fraction of sp³-hybridized carbons (Fsp3) is 0.250. The Balaban J connectivity index is 0.000000461. The van der Waals surface area contributed by atoms with E-state index < -0.39 is 0 Å². The van der Waals surface area contributed by atoms with Gasteiger partial charge in [-0.1, -0.05) is 20.4 Å². The Hall–Kier alpha value is -0.960. The monoisotopic (exact) mass is 168 g/mol. The molecular weight excluding hydrogens is 156 g/mol. The van der Waals surface area contributed by atoms with Crippen molar-refractivity contribution in [1.29, 1.82) is 0 Å². The van der Waals surface area contributed by atoms with E-state index in [2.05, 4.69) is 23.3 Å². The average Bonchev–Trinajstić information content (AvgIpc) is 2.54. The van der Waals surface area contributed by atoms with Crippen molar-refractivity contribution in [1.82, 2.24) is 4.98 Å². The van der Waals surface area contributed by atoms with Gasteiger partial charge in [-0.2, -0.15) is 0 Å². The molecule has 0 bridgehead atoms. The van der Waals surface area contributed by atoms with Crippen LogP contribution in [0.3, 0.4) is 0 Å². The molecule has 0 unspecified atom stereocenters. The zero-order valence-corrected chi connectivity index (χ0v) is 7.69. The smallest absolute Gasteiger partial charge is 0.169 e. The Labute approximate surface area is 71.3 Å². The molecule has 0 N–H and O–H groups in total. The first-order valence-electron chi connectivity index (χ1n) is 3.41. The molecule has 0 amide bonds. The summed E-state index contributed by atoms with van der Waals surface area (Å²) in [6.45, 7) is 11.0. The number of nitrogens with zero attached hydrogens (tertiary/aromatic N) is 2. The summed E-state index contributed by atoms with van der Waals surface area (Å²) >= 11 is 1.51. The van der Waals surface area contributed by atoms with Crippen molar-refractivity contribution < 1.29 is 0 Å². The maximum Gasteiger partial charge on any atom is 0.169 e. The van der Waals surface area contributed by atoms with Crippen LogP contribution in [-0.4, -0.2) is 11.7 Å². The van der Waals surface area contributed by atoms with Gasteiger partial charge in [0, 0.05) is 0 Å². The van der Waals surface area contributed by atoms with Crippen LogP contribution in [0.2, 0.25) is 0 Å². The van der Waals surface area contributed by atoms with Crippen molar-refractivity contribution in [3.63, 3.8) is 0 Å². The molecule has 60 valence electrons. The number of hydrogen-bond donors (Lipinski definition) is 0. The molecule has 1 aromatic heterocycles. The number of aliphatic imine (C=N–C) groups is 1. The Morgan fingerprint density at radius 1 is 1.64 bits per heavy atom. The number of hydrogen-bond acceptors (Lipinski definition) is 3. The van der Waals surface area contributed by atoms with Gasteiger partial charge in [-0.3, -0.25) is 0 Å². The lowest BCUT2D eigenvalue weighted by atomic mass is 10.5. The van der Waals surface area contributed by atoms with E-state index in [0.29, 0.717) is 5.82 Å². The van der Waals surface area contributed by atoms with Gasteiger partial charge in [-0.05, 0) is 12.8 Å². The molecule has 3 heteroatoms. The lowest BCUT2D eigenvalue weighted by Crippen LogP contribution is -1.62. The molecule has 1 rings (SSSR count). The van der Waals surface area contributed by atoms with Crippen molar-refractivity contribution in [3.8, 4) is 0 Å². The third kappa shape index (κ3) is 2.63. The Morgan fingerprint density at radius 2 is 2.27 bits per heavy atom. The third-order valence-electron chi connectivity index (χ3n) is 0.910. The lowest BCUT2D eigenvalue weighted by molar-refractivity contribution is 1.35. The van der Waals surface area contributed by atoms with Crippen molar-refractivity contribution >= 4 is 29.9 Å². The normalized spacial score (nSPS) is 7.82. The zero-order valence-electron chi connectivity index (χ0n) is 6.87. The van der Waals surface area contributed by atoms with Gasteiger partial charge in [0.15, 0.2) is 5.82 Å². The van der Waals surface area contributed by atoms with E-state index in [1.807, 2.05) is 13.8 Å². The van der Waals surface area contributed by atoms with Gasteiger partial charge >= 0.3 is 0 Å². The van der Waals surface area contributed by atoms with E-state index >= 15 is 0 Å². The predicted molar refractivity (Wildman–Crippen MR) is 52.8 cm³/mol. The van der Waals surface area contributed by atoms with Crippen LogP contribution in [0.4, 0.5) is 5.82 Å². The predicted octanol–water partition coefficient (Wildman–Crippen LogP) is 3.14. The first-order chi connectivity index (χ1) is 5.38. The molecule has 1 heterocycles. The van der Waals surface area contributed by atoms with Gasteiger partial charge < -0.3 is 0 Å². The highest BCUT2D eigenvalue weighted by atomic mass is 32.1. The molecule has 0 saturated carbocycles. The second kappa shape index (κ2) is 5.80. The number of rotatable bonds is 2. The summed E-state index contributed by atoms with van der Waals surface area (Å²) in [4.78, 5) is 8.58. The summed E-state index contributed by atoms with van der Waals surface area (Å²) < 4.78 is 0. The number of thiazole rings is 1. The van der Waals surface area contributed by atoms with E-state index in [0.717, 1.165) is 4.88 Å². The molecule has 0 aliphatic heterocycles. The minimum Gasteiger partial charge on any atom is -0.244 e. The molecule has 2 nitrogen and oxygen atoms in total. The van der Waals surface area contributed by atoms with E-state index in [9.17, 15) is 0 Å². The van der Waals surface area contributed by atoms with Gasteiger partial charge in [0.25, 0.3) is 0 Å². The molecule has 0 atom stereocenters. The average molecular weight is 168 g/mol. The van der Waals surface area contributed by atoms with Crippen LogP contribution in [0.25, 0.3) is 6.08 Å². The highest BCUT2D eigenvalue weighted by Gasteiger charge is 1.96. The molecule has 0 saturated heterocycles. The van der Waals surface area contributed by atoms with Crippen LogP contribution in [0.5, 0.6) is 0 Å². The van der Waals surface area contributed by atoms with Crippen molar-refractivity contribution in [3.05, 3.63) is 17.0 Å². The van der Waals surface area contributed by atoms with Crippen LogP contribution in [0.15, 0.2) is 17.1 Å². The Bertz CT molecular complexity index is 205. The van der Waals surface area contributed by atoms with Crippen LogP contribution in [-0.2, 0) is 0 Å². The minimum absolute atomic E-state index is 0.676. The highest BCUT2D eigenvalue weighted by Crippen LogP contribution is 2.21. The van der Waals surface area contributed by atoms with Crippen molar-refractivity contribution in [2.24, 2.45) is 4.99 Å². The van der Waals surface area contributed by atoms with Gasteiger partial charge in [0.2, 0.25) is 0 Å². The lowest BCUT2D eigenvalue weighted by Gasteiger charge is -1.82. The van der Waals surface area contributed by atoms with Gasteiger partial charge in [-0.25, -0.2) is 9.98 Å². The first kappa shape index (κ1) is 10.0. The van der Waals surface area contributed by atoms with Crippen LogP contribution in [0.1, 0.15) is 18.7 Å². The van der Waals surface area contributed by atoms with E-state index in [4.69, 9.17) is 0 Å². The quantitative estimate of drug-likeness (QED) is 0.623. The molecule has 11 heavy (non-hydrogen) atoms. The molecule has 0 fully saturated rings. The largest absolute Gasteiger partial charge is 0.244 e. The highest BCUT2D eigenvalue weighted by molar-refractivity contribution is 7.11. The molecular formula is C8H12N2S. The molecule has 0 radical (unpaired) electrons. The second-order valence-electron chi connectivity index (χ2n) is 1.40. The van der Waals surface area contributed by atoms with Crippen LogP contribution < -0.4 is 0 Å². The molecule has 0 aromatic carbocycles. The molecule has 1 aromatic rings. The maximum absolute atomic E-state index is 3.92. The van der Waals surface area contributed by atoms with Gasteiger partial charge in [0.1, 0.15) is 0 Å². The van der Waals surface area contributed by atoms with Crippen LogP contribution >= 0.6 is 11.3 Å². The summed E-state index contributed by atoms with van der Waals surface area (Å²) in [5, 5.41) is 0. The summed E-state index contributed by atoms with van der Waals surface area (Å²) in [7, 11) is 0. The second-order valence-corrected chi connectivity index (χ2v) is 2.29. The summed E-state index contributed by atoms with van der Waals surface area (Å²) in [5.74, 6) is 0.676. The van der Waals surface area contributed by atoms with Crippen molar-refractivity contribution in [2.75, 3.05) is 0 Å². The minimum atomic E-state index is 0.676. The standard InChI is InChI=1S/C6H6N2S.C2H6/c1-3-5-6(7-2)8-4-9-5;1-2/h3-4H,1-2H2;1-2H3. The Kier molecular flexibility index (Phi) is 5.29. The van der Waals surface area contributed by atoms with Gasteiger partial charge in [-0.15, -0.1) is 11.3 Å². The Morgan fingerprint density at radius 3 is 2.64 bits per heavy atom. The maximum atomic E-state index is 3.92. The van der Waals surface area contributed by atoms with Gasteiger partial charge in [0.05, 0.1) is 10.4 Å². The fourth-order valence-electron chi connectivity index (χ4n) is 0.508. The van der Waals surface area contributed by atoms with Crippen molar-refractivity contribution in [2.45, 2.75) is 13.8 Å². The third-order valence-corrected chi connectivity index (χ3v) is 1.72. The number of aromatic nitrogens is 1. The molecule has 0 spiro atoms.